The summed E-state index contributed by atoms with van der Waals surface area (Å²) < 4.78 is 6.35. The third-order valence-electron chi connectivity index (χ3n) is 4.18. The van der Waals surface area contributed by atoms with Gasteiger partial charge in [-0.15, -0.1) is 0 Å². The van der Waals surface area contributed by atoms with E-state index in [4.69, 9.17) is 17.0 Å². The molecule has 1 heterocycles. The van der Waals surface area contributed by atoms with Crippen LogP contribution in [0.15, 0.2) is 53.4 Å². The number of hydrogen-bond donors (Lipinski definition) is 0. The first-order chi connectivity index (χ1) is 12.5. The van der Waals surface area contributed by atoms with E-state index in [0.29, 0.717) is 9.23 Å². The van der Waals surface area contributed by atoms with Crippen LogP contribution in [0, 0.1) is 6.92 Å². The van der Waals surface area contributed by atoms with Crippen molar-refractivity contribution in [2.24, 2.45) is 0 Å². The number of thiocarbonyl (C=S) groups is 1. The van der Waals surface area contributed by atoms with Crippen molar-refractivity contribution < 1.29 is 9.53 Å². The molecule has 134 valence electrons. The summed E-state index contributed by atoms with van der Waals surface area (Å²) in [5, 5.41) is 0. The molecule has 1 amide bonds. The molecule has 3 rings (SSSR count). The number of anilines is 1. The van der Waals surface area contributed by atoms with Gasteiger partial charge in [-0.1, -0.05) is 60.7 Å². The second kappa shape index (κ2) is 8.06. The highest BCUT2D eigenvalue weighted by Crippen LogP contribution is 2.36. The van der Waals surface area contributed by atoms with Gasteiger partial charge in [0.15, 0.2) is 4.32 Å². The highest BCUT2D eigenvalue weighted by Gasteiger charge is 2.33. The van der Waals surface area contributed by atoms with E-state index in [0.717, 1.165) is 29.0 Å². The van der Waals surface area contributed by atoms with Gasteiger partial charge in [0.1, 0.15) is 5.75 Å². The van der Waals surface area contributed by atoms with E-state index in [1.54, 1.807) is 4.90 Å². The van der Waals surface area contributed by atoms with Gasteiger partial charge in [-0.2, -0.15) is 0 Å². The maximum Gasteiger partial charge on any atom is 0.270 e. The minimum absolute atomic E-state index is 0.0798. The van der Waals surface area contributed by atoms with E-state index in [1.165, 1.54) is 11.8 Å². The average molecular weight is 384 g/mol. The first kappa shape index (κ1) is 18.7. The third kappa shape index (κ3) is 4.17. The number of carbonyl (C=O) groups excluding carboxylic acids is 1. The topological polar surface area (TPSA) is 29.5 Å². The first-order valence-corrected chi connectivity index (χ1v) is 9.81. The molecule has 0 spiro atoms. The summed E-state index contributed by atoms with van der Waals surface area (Å²) in [7, 11) is 0. The van der Waals surface area contributed by atoms with Crippen molar-refractivity contribution in [3.63, 3.8) is 0 Å². The molecule has 3 nitrogen and oxygen atoms in total. The zero-order chi connectivity index (χ0) is 18.7. The quantitative estimate of drug-likeness (QED) is 0.498. The zero-order valence-corrected chi connectivity index (χ0v) is 16.7. The van der Waals surface area contributed by atoms with Gasteiger partial charge in [0, 0.05) is 0 Å². The van der Waals surface area contributed by atoms with Crippen molar-refractivity contribution in [3.8, 4) is 5.75 Å². The van der Waals surface area contributed by atoms with E-state index in [1.807, 2.05) is 68.5 Å². The molecule has 0 unspecified atom stereocenters. The lowest BCUT2D eigenvalue weighted by Gasteiger charge is -2.14. The molecule has 26 heavy (non-hydrogen) atoms. The Balaban J connectivity index is 1.78. The van der Waals surface area contributed by atoms with Crippen LogP contribution in [0.4, 0.5) is 5.69 Å². The van der Waals surface area contributed by atoms with E-state index in [9.17, 15) is 4.79 Å². The van der Waals surface area contributed by atoms with Gasteiger partial charge < -0.3 is 4.74 Å². The predicted octanol–water partition coefficient (Wildman–Crippen LogP) is 5.58. The smallest absolute Gasteiger partial charge is 0.270 e. The number of carbonyl (C=O) groups is 1. The van der Waals surface area contributed by atoms with Crippen molar-refractivity contribution >= 4 is 46.0 Å². The number of benzene rings is 2. The number of amides is 1. The summed E-state index contributed by atoms with van der Waals surface area (Å²) in [5.41, 5.74) is 2.90. The third-order valence-corrected chi connectivity index (χ3v) is 5.48. The molecular formula is C21H21NO2S2. The van der Waals surface area contributed by atoms with Crippen LogP contribution < -0.4 is 9.64 Å². The van der Waals surface area contributed by atoms with Crippen LogP contribution in [0.2, 0.25) is 0 Å². The molecule has 0 saturated carbocycles. The zero-order valence-electron chi connectivity index (χ0n) is 15.1. The highest BCUT2D eigenvalue weighted by molar-refractivity contribution is 8.27. The maximum atomic E-state index is 12.8. The maximum absolute atomic E-state index is 12.8. The normalized spacial score (nSPS) is 17.0. The van der Waals surface area contributed by atoms with Crippen LogP contribution in [0.5, 0.6) is 5.75 Å². The minimum atomic E-state index is -0.0798. The number of ether oxygens (including phenoxy) is 1. The lowest BCUT2D eigenvalue weighted by molar-refractivity contribution is -0.113. The van der Waals surface area contributed by atoms with Crippen molar-refractivity contribution in [2.45, 2.75) is 33.3 Å². The molecule has 2 aromatic rings. The van der Waals surface area contributed by atoms with Gasteiger partial charge in [-0.25, -0.2) is 0 Å². The van der Waals surface area contributed by atoms with Crippen molar-refractivity contribution in [1.82, 2.24) is 0 Å². The van der Waals surface area contributed by atoms with Gasteiger partial charge in [-0.3, -0.25) is 9.69 Å². The Bertz CT molecular complexity index is 841. The summed E-state index contributed by atoms with van der Waals surface area (Å²) in [6, 6.07) is 15.6. The molecule has 0 bridgehead atoms. The lowest BCUT2D eigenvalue weighted by atomic mass is 10.2. The summed E-state index contributed by atoms with van der Waals surface area (Å²) in [4.78, 5) is 15.0. The van der Waals surface area contributed by atoms with Crippen LogP contribution >= 0.6 is 24.0 Å². The summed E-state index contributed by atoms with van der Waals surface area (Å²) in [6.45, 7) is 6.15. The number of aryl methyl sites for hydroxylation is 1. The monoisotopic (exact) mass is 383 g/mol. The molecule has 0 aromatic heterocycles. The number of hydrogen-bond acceptors (Lipinski definition) is 4. The molecule has 0 N–H and O–H groups in total. The van der Waals surface area contributed by atoms with Crippen molar-refractivity contribution in [2.75, 3.05) is 4.90 Å². The van der Waals surface area contributed by atoms with E-state index >= 15 is 0 Å². The van der Waals surface area contributed by atoms with Crippen LogP contribution in [0.25, 0.3) is 6.08 Å². The van der Waals surface area contributed by atoms with Gasteiger partial charge in [0.2, 0.25) is 0 Å². The molecule has 1 saturated heterocycles. The van der Waals surface area contributed by atoms with Crippen LogP contribution in [0.1, 0.15) is 31.4 Å². The lowest BCUT2D eigenvalue weighted by Crippen LogP contribution is -2.27. The Morgan fingerprint density at radius 3 is 2.42 bits per heavy atom. The van der Waals surface area contributed by atoms with Crippen molar-refractivity contribution in [3.05, 3.63) is 64.6 Å². The van der Waals surface area contributed by atoms with Gasteiger partial charge in [0.05, 0.1) is 16.7 Å². The molecular weight excluding hydrogens is 362 g/mol. The van der Waals surface area contributed by atoms with Gasteiger partial charge >= 0.3 is 0 Å². The standard InChI is InChI=1S/C21H21NO2S2/c1-4-15(3)24-18-11-7-16(8-12-18)13-19-20(23)22(21(25)26-19)17-9-5-14(2)6-10-17/h5-13,15H,4H2,1-3H3/b19-13+/t15-/m0/s1. The summed E-state index contributed by atoms with van der Waals surface area (Å²) >= 11 is 6.75. The van der Waals surface area contributed by atoms with E-state index in [2.05, 4.69) is 6.92 Å². The molecule has 2 aromatic carbocycles. The molecule has 0 radical (unpaired) electrons. The average Bonchev–Trinajstić information content (AvgIpc) is 2.91. The van der Waals surface area contributed by atoms with Crippen LogP contribution in [-0.4, -0.2) is 16.3 Å². The Kier molecular flexibility index (Phi) is 5.79. The van der Waals surface area contributed by atoms with E-state index < -0.39 is 0 Å². The molecule has 1 atom stereocenters. The van der Waals surface area contributed by atoms with Gasteiger partial charge in [0.25, 0.3) is 5.91 Å². The van der Waals surface area contributed by atoms with E-state index in [-0.39, 0.29) is 12.0 Å². The number of thioether (sulfide) groups is 1. The fourth-order valence-electron chi connectivity index (χ4n) is 2.49. The largest absolute Gasteiger partial charge is 0.491 e. The van der Waals surface area contributed by atoms with Gasteiger partial charge in [-0.05, 0) is 56.2 Å². The second-order valence-corrected chi connectivity index (χ2v) is 7.93. The fourth-order valence-corrected chi connectivity index (χ4v) is 3.79. The molecule has 0 aliphatic carbocycles. The second-order valence-electron chi connectivity index (χ2n) is 6.26. The molecule has 1 fully saturated rings. The molecule has 1 aliphatic rings. The molecule has 5 heteroatoms. The first-order valence-electron chi connectivity index (χ1n) is 8.59. The SMILES string of the molecule is CC[C@H](C)Oc1ccc(/C=C2/SC(=S)N(c3ccc(C)cc3)C2=O)cc1. The Labute approximate surface area is 164 Å². The minimum Gasteiger partial charge on any atom is -0.491 e. The Morgan fingerprint density at radius 2 is 1.81 bits per heavy atom. The summed E-state index contributed by atoms with van der Waals surface area (Å²) in [5.74, 6) is 0.757. The van der Waals surface area contributed by atoms with Crippen LogP contribution in [0.3, 0.4) is 0 Å². The Hall–Kier alpha value is -2.11. The van der Waals surface area contributed by atoms with Crippen molar-refractivity contribution in [1.29, 1.82) is 0 Å². The molecule has 1 aliphatic heterocycles. The number of nitrogens with zero attached hydrogens (tertiary/aromatic N) is 1. The highest BCUT2D eigenvalue weighted by atomic mass is 32.2. The number of rotatable bonds is 5. The fraction of sp³-hybridized carbons (Fsp3) is 0.238. The summed E-state index contributed by atoms with van der Waals surface area (Å²) in [6.07, 6.45) is 3.02. The Morgan fingerprint density at radius 1 is 1.15 bits per heavy atom. The predicted molar refractivity (Wildman–Crippen MR) is 114 cm³/mol. The van der Waals surface area contributed by atoms with Crippen LogP contribution in [-0.2, 0) is 4.79 Å².